The van der Waals surface area contributed by atoms with E-state index in [0.717, 1.165) is 12.1 Å². The van der Waals surface area contributed by atoms with Gasteiger partial charge < -0.3 is 14.8 Å². The average Bonchev–Trinajstić information content (AvgIpc) is 2.18. The third-order valence-corrected chi connectivity index (χ3v) is 1.84. The van der Waals surface area contributed by atoms with Crippen molar-refractivity contribution in [3.05, 3.63) is 23.8 Å². The number of alkyl halides is 6. The molecule has 0 aliphatic carbocycles. The van der Waals surface area contributed by atoms with E-state index in [0.29, 0.717) is 5.56 Å². The molecule has 1 N–H and O–H groups in total. The van der Waals surface area contributed by atoms with E-state index in [4.69, 9.17) is 0 Å². The normalized spacial score (nSPS) is 12.4. The summed E-state index contributed by atoms with van der Waals surface area (Å²) in [4.78, 5) is 0. The summed E-state index contributed by atoms with van der Waals surface area (Å²) in [5.41, 5.74) is 0.316. The molecule has 0 aliphatic heterocycles. The smallest absolute Gasteiger partial charge is 0.402 e. The van der Waals surface area contributed by atoms with Crippen LogP contribution in [-0.4, -0.2) is 19.8 Å². The van der Waals surface area contributed by atoms with Crippen LogP contribution in [0.25, 0.3) is 0 Å². The van der Waals surface area contributed by atoms with Crippen LogP contribution in [0.5, 0.6) is 11.5 Å². The summed E-state index contributed by atoms with van der Waals surface area (Å²) in [6, 6.07) is 2.78. The average molecular weight is 289 g/mol. The van der Waals surface area contributed by atoms with Crippen molar-refractivity contribution in [2.24, 2.45) is 0 Å². The Kier molecular flexibility index (Phi) is 4.51. The standard InChI is InChI=1S/C10H9F6NO2/c1-17-5-6-2-3-7(18-9(11,12)13)8(4-6)19-10(14,15)16/h2-4,17H,5H2,1H3. The molecule has 0 atom stereocenters. The molecule has 0 unspecified atom stereocenters. The van der Waals surface area contributed by atoms with Gasteiger partial charge in [0.05, 0.1) is 0 Å². The van der Waals surface area contributed by atoms with Gasteiger partial charge in [0, 0.05) is 6.54 Å². The minimum atomic E-state index is -5.11. The number of rotatable bonds is 4. The molecule has 0 amide bonds. The molecule has 0 saturated heterocycles. The van der Waals surface area contributed by atoms with Gasteiger partial charge in [-0.3, -0.25) is 0 Å². The van der Waals surface area contributed by atoms with Crippen molar-refractivity contribution < 1.29 is 35.8 Å². The summed E-state index contributed by atoms with van der Waals surface area (Å²) in [5.74, 6) is -2.10. The van der Waals surface area contributed by atoms with E-state index in [1.165, 1.54) is 13.1 Å². The SMILES string of the molecule is CNCc1ccc(OC(F)(F)F)c(OC(F)(F)F)c1. The van der Waals surface area contributed by atoms with E-state index in [2.05, 4.69) is 14.8 Å². The Morgan fingerprint density at radius 1 is 0.947 bits per heavy atom. The molecule has 0 bridgehead atoms. The summed E-state index contributed by atoms with van der Waals surface area (Å²) in [5, 5.41) is 2.64. The maximum absolute atomic E-state index is 12.1. The highest BCUT2D eigenvalue weighted by Crippen LogP contribution is 2.36. The molecule has 1 aromatic carbocycles. The predicted molar refractivity (Wildman–Crippen MR) is 52.6 cm³/mol. The van der Waals surface area contributed by atoms with Crippen molar-refractivity contribution in [2.75, 3.05) is 7.05 Å². The van der Waals surface area contributed by atoms with Gasteiger partial charge in [-0.1, -0.05) is 6.07 Å². The molecule has 0 aromatic heterocycles. The number of ether oxygens (including phenoxy) is 2. The van der Waals surface area contributed by atoms with Crippen LogP contribution in [0.2, 0.25) is 0 Å². The first-order chi connectivity index (χ1) is 8.61. The van der Waals surface area contributed by atoms with E-state index in [-0.39, 0.29) is 6.54 Å². The van der Waals surface area contributed by atoms with Gasteiger partial charge in [-0.05, 0) is 24.7 Å². The maximum atomic E-state index is 12.1. The zero-order chi connectivity index (χ0) is 14.7. The van der Waals surface area contributed by atoms with Crippen molar-refractivity contribution in [1.82, 2.24) is 5.32 Å². The Morgan fingerprint density at radius 3 is 1.95 bits per heavy atom. The van der Waals surface area contributed by atoms with Gasteiger partial charge in [-0.2, -0.15) is 0 Å². The Balaban J connectivity index is 3.07. The van der Waals surface area contributed by atoms with Crippen molar-refractivity contribution >= 4 is 0 Å². The molecule has 0 spiro atoms. The topological polar surface area (TPSA) is 30.5 Å². The van der Waals surface area contributed by atoms with Crippen LogP contribution in [-0.2, 0) is 6.54 Å². The lowest BCUT2D eigenvalue weighted by Crippen LogP contribution is -2.21. The quantitative estimate of drug-likeness (QED) is 0.863. The highest BCUT2D eigenvalue weighted by atomic mass is 19.4. The summed E-state index contributed by atoms with van der Waals surface area (Å²) >= 11 is 0. The summed E-state index contributed by atoms with van der Waals surface area (Å²) in [6.07, 6.45) is -10.2. The number of benzene rings is 1. The fraction of sp³-hybridized carbons (Fsp3) is 0.400. The molecule has 1 aromatic rings. The third-order valence-electron chi connectivity index (χ3n) is 1.84. The van der Waals surface area contributed by atoms with Crippen molar-refractivity contribution in [2.45, 2.75) is 19.3 Å². The second-order valence-electron chi connectivity index (χ2n) is 3.41. The van der Waals surface area contributed by atoms with E-state index < -0.39 is 24.2 Å². The van der Waals surface area contributed by atoms with Gasteiger partial charge in [-0.25, -0.2) is 0 Å². The first-order valence-electron chi connectivity index (χ1n) is 4.90. The molecular weight excluding hydrogens is 280 g/mol. The summed E-state index contributed by atoms with van der Waals surface area (Å²) < 4.78 is 79.4. The van der Waals surface area contributed by atoms with Crippen LogP contribution in [0.1, 0.15) is 5.56 Å². The lowest BCUT2D eigenvalue weighted by atomic mass is 10.2. The van der Waals surface area contributed by atoms with Crippen molar-refractivity contribution in [3.8, 4) is 11.5 Å². The molecule has 0 heterocycles. The van der Waals surface area contributed by atoms with E-state index in [1.807, 2.05) is 0 Å². The Hall–Kier alpha value is -1.64. The van der Waals surface area contributed by atoms with Crippen molar-refractivity contribution in [1.29, 1.82) is 0 Å². The number of hydrogen-bond donors (Lipinski definition) is 1. The first kappa shape index (κ1) is 15.4. The maximum Gasteiger partial charge on any atom is 0.573 e. The Morgan fingerprint density at radius 2 is 1.47 bits per heavy atom. The highest BCUT2D eigenvalue weighted by Gasteiger charge is 2.36. The molecule has 9 heteroatoms. The molecule has 0 radical (unpaired) electrons. The van der Waals surface area contributed by atoms with Crippen LogP contribution >= 0.6 is 0 Å². The predicted octanol–water partition coefficient (Wildman–Crippen LogP) is 3.20. The zero-order valence-electron chi connectivity index (χ0n) is 9.52. The molecular formula is C10H9F6NO2. The Labute approximate surface area is 104 Å². The van der Waals surface area contributed by atoms with E-state index in [1.54, 1.807) is 0 Å². The summed E-state index contributed by atoms with van der Waals surface area (Å²) in [7, 11) is 1.53. The molecule has 0 fully saturated rings. The van der Waals surface area contributed by atoms with Gasteiger partial charge in [0.25, 0.3) is 0 Å². The van der Waals surface area contributed by atoms with Crippen molar-refractivity contribution in [3.63, 3.8) is 0 Å². The van der Waals surface area contributed by atoms with Crippen LogP contribution in [0.15, 0.2) is 18.2 Å². The number of halogens is 6. The monoisotopic (exact) mass is 289 g/mol. The zero-order valence-corrected chi connectivity index (χ0v) is 9.52. The van der Waals surface area contributed by atoms with E-state index >= 15 is 0 Å². The van der Waals surface area contributed by atoms with Gasteiger partial charge in [-0.15, -0.1) is 26.3 Å². The van der Waals surface area contributed by atoms with Gasteiger partial charge >= 0.3 is 12.7 Å². The number of nitrogens with one attached hydrogen (secondary N) is 1. The van der Waals surface area contributed by atoms with Crippen LogP contribution in [0, 0.1) is 0 Å². The lowest BCUT2D eigenvalue weighted by Gasteiger charge is -2.16. The van der Waals surface area contributed by atoms with Gasteiger partial charge in [0.1, 0.15) is 0 Å². The molecule has 1 rings (SSSR count). The minimum absolute atomic E-state index is 0.167. The molecule has 0 saturated carbocycles. The first-order valence-corrected chi connectivity index (χ1v) is 4.90. The largest absolute Gasteiger partial charge is 0.573 e. The number of hydrogen-bond acceptors (Lipinski definition) is 3. The lowest BCUT2D eigenvalue weighted by molar-refractivity contribution is -0.287. The third kappa shape index (κ3) is 5.69. The Bertz CT molecular complexity index is 429. The van der Waals surface area contributed by atoms with Gasteiger partial charge in [0.15, 0.2) is 11.5 Å². The molecule has 0 aliphatic rings. The fourth-order valence-electron chi connectivity index (χ4n) is 1.28. The highest BCUT2D eigenvalue weighted by molar-refractivity contribution is 5.43. The second-order valence-corrected chi connectivity index (χ2v) is 3.41. The second kappa shape index (κ2) is 5.55. The molecule has 19 heavy (non-hydrogen) atoms. The van der Waals surface area contributed by atoms with Crippen LogP contribution in [0.3, 0.4) is 0 Å². The fourth-order valence-corrected chi connectivity index (χ4v) is 1.28. The molecule has 108 valence electrons. The molecule has 3 nitrogen and oxygen atoms in total. The van der Waals surface area contributed by atoms with Crippen LogP contribution in [0.4, 0.5) is 26.3 Å². The van der Waals surface area contributed by atoms with E-state index in [9.17, 15) is 26.3 Å². The van der Waals surface area contributed by atoms with Gasteiger partial charge in [0.2, 0.25) is 0 Å². The van der Waals surface area contributed by atoms with Crippen LogP contribution < -0.4 is 14.8 Å². The minimum Gasteiger partial charge on any atom is -0.402 e. The summed E-state index contributed by atoms with van der Waals surface area (Å²) in [6.45, 7) is 0.167.